The van der Waals surface area contributed by atoms with Crippen LogP contribution in [0.25, 0.3) is 0 Å². The summed E-state index contributed by atoms with van der Waals surface area (Å²) in [6.45, 7) is 4.32. The van der Waals surface area contributed by atoms with E-state index >= 15 is 0 Å². The van der Waals surface area contributed by atoms with Crippen molar-refractivity contribution in [2.75, 3.05) is 13.1 Å². The van der Waals surface area contributed by atoms with Crippen LogP contribution in [0.15, 0.2) is 12.3 Å². The zero-order valence-corrected chi connectivity index (χ0v) is 8.66. The first-order valence-corrected chi connectivity index (χ1v) is 5.42. The van der Waals surface area contributed by atoms with Crippen LogP contribution in [0.3, 0.4) is 0 Å². The standard InChI is InChI=1S/C11H17N3/c1-2-11-13-7-5-10(14-11)9-4-3-6-12-8-9/h5,7,9,12H,2-4,6,8H2,1H3/t9-/m0/s1. The number of nitrogens with zero attached hydrogens (tertiary/aromatic N) is 2. The van der Waals surface area contributed by atoms with Gasteiger partial charge in [0.15, 0.2) is 0 Å². The van der Waals surface area contributed by atoms with E-state index in [4.69, 9.17) is 0 Å². The maximum absolute atomic E-state index is 4.56. The van der Waals surface area contributed by atoms with Crippen LogP contribution in [0.2, 0.25) is 0 Å². The third-order valence-electron chi connectivity index (χ3n) is 2.76. The molecule has 0 bridgehead atoms. The lowest BCUT2D eigenvalue weighted by Crippen LogP contribution is -2.29. The number of rotatable bonds is 2. The Labute approximate surface area is 85.0 Å². The lowest BCUT2D eigenvalue weighted by atomic mass is 9.96. The van der Waals surface area contributed by atoms with Gasteiger partial charge in [-0.3, -0.25) is 0 Å². The van der Waals surface area contributed by atoms with Crippen LogP contribution < -0.4 is 5.32 Å². The van der Waals surface area contributed by atoms with Gasteiger partial charge in [0.25, 0.3) is 0 Å². The van der Waals surface area contributed by atoms with Gasteiger partial charge < -0.3 is 5.32 Å². The van der Waals surface area contributed by atoms with E-state index in [2.05, 4.69) is 28.3 Å². The number of hydrogen-bond donors (Lipinski definition) is 1. The van der Waals surface area contributed by atoms with Crippen LogP contribution in [0.1, 0.15) is 37.2 Å². The highest BCUT2D eigenvalue weighted by Gasteiger charge is 2.16. The molecule has 1 atom stereocenters. The molecule has 0 saturated carbocycles. The first kappa shape index (κ1) is 9.59. The van der Waals surface area contributed by atoms with Crippen LogP contribution in [0.5, 0.6) is 0 Å². The Balaban J connectivity index is 2.13. The number of piperidine rings is 1. The minimum atomic E-state index is 0.594. The van der Waals surface area contributed by atoms with Crippen LogP contribution in [0, 0.1) is 0 Å². The topological polar surface area (TPSA) is 37.8 Å². The first-order valence-electron chi connectivity index (χ1n) is 5.42. The van der Waals surface area contributed by atoms with Crippen molar-refractivity contribution in [3.8, 4) is 0 Å². The van der Waals surface area contributed by atoms with Crippen molar-refractivity contribution in [2.24, 2.45) is 0 Å². The predicted octanol–water partition coefficient (Wildman–Crippen LogP) is 1.51. The smallest absolute Gasteiger partial charge is 0.128 e. The van der Waals surface area contributed by atoms with E-state index in [1.54, 1.807) is 0 Å². The maximum atomic E-state index is 4.56. The van der Waals surface area contributed by atoms with Gasteiger partial charge in [0, 0.05) is 30.8 Å². The molecule has 1 saturated heterocycles. The molecule has 0 radical (unpaired) electrons. The third kappa shape index (κ3) is 2.10. The average Bonchev–Trinajstić information content (AvgIpc) is 2.30. The minimum Gasteiger partial charge on any atom is -0.316 e. The van der Waals surface area contributed by atoms with Crippen LogP contribution >= 0.6 is 0 Å². The van der Waals surface area contributed by atoms with E-state index < -0.39 is 0 Å². The zero-order chi connectivity index (χ0) is 9.80. The van der Waals surface area contributed by atoms with Gasteiger partial charge in [0.1, 0.15) is 5.82 Å². The lowest BCUT2D eigenvalue weighted by Gasteiger charge is -2.22. The highest BCUT2D eigenvalue weighted by molar-refractivity contribution is 5.10. The van der Waals surface area contributed by atoms with E-state index in [0.717, 1.165) is 25.3 Å². The molecule has 3 nitrogen and oxygen atoms in total. The summed E-state index contributed by atoms with van der Waals surface area (Å²) in [7, 11) is 0. The van der Waals surface area contributed by atoms with Gasteiger partial charge in [0.05, 0.1) is 0 Å². The van der Waals surface area contributed by atoms with Crippen molar-refractivity contribution in [1.29, 1.82) is 0 Å². The van der Waals surface area contributed by atoms with E-state index in [-0.39, 0.29) is 0 Å². The molecule has 1 N–H and O–H groups in total. The second-order valence-corrected chi connectivity index (χ2v) is 3.79. The fraction of sp³-hybridized carbons (Fsp3) is 0.636. The van der Waals surface area contributed by atoms with Crippen molar-refractivity contribution >= 4 is 0 Å². The molecule has 0 unspecified atom stereocenters. The van der Waals surface area contributed by atoms with Crippen LogP contribution in [0.4, 0.5) is 0 Å². The predicted molar refractivity (Wildman–Crippen MR) is 56.3 cm³/mol. The van der Waals surface area contributed by atoms with Gasteiger partial charge in [-0.1, -0.05) is 6.92 Å². The molecule has 14 heavy (non-hydrogen) atoms. The van der Waals surface area contributed by atoms with Gasteiger partial charge >= 0.3 is 0 Å². The van der Waals surface area contributed by atoms with Gasteiger partial charge in [-0.15, -0.1) is 0 Å². The van der Waals surface area contributed by atoms with E-state index in [9.17, 15) is 0 Å². The monoisotopic (exact) mass is 191 g/mol. The Bertz CT molecular complexity index is 292. The quantitative estimate of drug-likeness (QED) is 0.770. The van der Waals surface area contributed by atoms with Crippen molar-refractivity contribution in [3.63, 3.8) is 0 Å². The summed E-state index contributed by atoms with van der Waals surface area (Å²) in [5.74, 6) is 1.56. The molecule has 2 heterocycles. The van der Waals surface area contributed by atoms with Gasteiger partial charge in [-0.2, -0.15) is 0 Å². The molecule has 76 valence electrons. The Hall–Kier alpha value is -0.960. The summed E-state index contributed by atoms with van der Waals surface area (Å²) in [5.41, 5.74) is 1.21. The van der Waals surface area contributed by atoms with Crippen molar-refractivity contribution in [2.45, 2.75) is 32.1 Å². The molecular formula is C11H17N3. The maximum Gasteiger partial charge on any atom is 0.128 e. The minimum absolute atomic E-state index is 0.594. The molecule has 3 heteroatoms. The highest BCUT2D eigenvalue weighted by Crippen LogP contribution is 2.20. The number of nitrogens with one attached hydrogen (secondary N) is 1. The number of aromatic nitrogens is 2. The Morgan fingerprint density at radius 3 is 3.21 bits per heavy atom. The Morgan fingerprint density at radius 2 is 2.50 bits per heavy atom. The molecule has 1 fully saturated rings. The van der Waals surface area contributed by atoms with Gasteiger partial charge in [-0.25, -0.2) is 9.97 Å². The Kier molecular flexibility index (Phi) is 3.09. The molecule has 2 rings (SSSR count). The summed E-state index contributed by atoms with van der Waals surface area (Å²) in [5, 5.41) is 3.41. The molecule has 1 aliphatic heterocycles. The van der Waals surface area contributed by atoms with Gasteiger partial charge in [0.2, 0.25) is 0 Å². The highest BCUT2D eigenvalue weighted by atomic mass is 14.9. The SMILES string of the molecule is CCc1nccc([C@H]2CCCNC2)n1. The molecule has 1 aliphatic rings. The van der Waals surface area contributed by atoms with Crippen molar-refractivity contribution in [1.82, 2.24) is 15.3 Å². The average molecular weight is 191 g/mol. The summed E-state index contributed by atoms with van der Waals surface area (Å²) in [4.78, 5) is 8.78. The fourth-order valence-electron chi connectivity index (χ4n) is 1.92. The third-order valence-corrected chi connectivity index (χ3v) is 2.76. The Morgan fingerprint density at radius 1 is 1.57 bits per heavy atom. The molecule has 1 aromatic rings. The van der Waals surface area contributed by atoms with Crippen LogP contribution in [-0.4, -0.2) is 23.1 Å². The molecule has 0 aromatic carbocycles. The summed E-state index contributed by atoms with van der Waals surface area (Å²) >= 11 is 0. The molecule has 1 aromatic heterocycles. The molecule has 0 spiro atoms. The van der Waals surface area contributed by atoms with E-state index in [1.165, 1.54) is 18.5 Å². The molecule has 0 aliphatic carbocycles. The normalized spacial score (nSPS) is 22.2. The summed E-state index contributed by atoms with van der Waals surface area (Å²) in [6.07, 6.45) is 5.33. The lowest BCUT2D eigenvalue weighted by molar-refractivity contribution is 0.453. The van der Waals surface area contributed by atoms with Crippen molar-refractivity contribution in [3.05, 3.63) is 23.8 Å². The molecular weight excluding hydrogens is 174 g/mol. The second-order valence-electron chi connectivity index (χ2n) is 3.79. The zero-order valence-electron chi connectivity index (χ0n) is 8.66. The van der Waals surface area contributed by atoms with Crippen molar-refractivity contribution < 1.29 is 0 Å². The summed E-state index contributed by atoms with van der Waals surface area (Å²) < 4.78 is 0. The largest absolute Gasteiger partial charge is 0.316 e. The van der Waals surface area contributed by atoms with Crippen LogP contribution in [-0.2, 0) is 6.42 Å². The molecule has 0 amide bonds. The van der Waals surface area contributed by atoms with E-state index in [0.29, 0.717) is 5.92 Å². The first-order chi connectivity index (χ1) is 6.90. The fourth-order valence-corrected chi connectivity index (χ4v) is 1.92. The van der Waals surface area contributed by atoms with E-state index in [1.807, 2.05) is 6.20 Å². The number of hydrogen-bond acceptors (Lipinski definition) is 3. The second kappa shape index (κ2) is 4.51. The van der Waals surface area contributed by atoms with Gasteiger partial charge in [-0.05, 0) is 25.5 Å². The number of aryl methyl sites for hydroxylation is 1. The summed E-state index contributed by atoms with van der Waals surface area (Å²) in [6, 6.07) is 2.05.